The molecule has 0 N–H and O–H groups in total. The van der Waals surface area contributed by atoms with Crippen molar-refractivity contribution in [2.75, 3.05) is 0 Å². The van der Waals surface area contributed by atoms with E-state index in [9.17, 15) is 0 Å². The largest absolute Gasteiger partial charge is 0.244 e. The van der Waals surface area contributed by atoms with Crippen LogP contribution in [0, 0.1) is 27.7 Å². The Bertz CT molecular complexity index is 1560. The van der Waals surface area contributed by atoms with Gasteiger partial charge >= 0.3 is 0 Å². The number of aryl methyl sites for hydroxylation is 4. The summed E-state index contributed by atoms with van der Waals surface area (Å²) < 4.78 is 0. The maximum atomic E-state index is 2.31. The zero-order valence-corrected chi connectivity index (χ0v) is 23.2. The van der Waals surface area contributed by atoms with Gasteiger partial charge in [0, 0.05) is 0 Å². The molecule has 0 spiro atoms. The fourth-order valence-corrected chi connectivity index (χ4v) is 5.81. The lowest BCUT2D eigenvalue weighted by atomic mass is 9.35. The summed E-state index contributed by atoms with van der Waals surface area (Å²) in [5, 5.41) is 0. The molecule has 5 aromatic rings. The molecule has 0 aliphatic carbocycles. The standard InChI is InChI=1S/C38H33B/c1-26-10-18-30(19-11-26)35-36(31-20-12-27(2)13-21-31)38(33-24-16-29(4)17-25-33)39(34-8-6-5-7-9-34)37(35)32-22-14-28(3)15-23-32/h5-25H,1-4H3. The summed E-state index contributed by atoms with van der Waals surface area (Å²) in [7, 11) is 0. The van der Waals surface area contributed by atoms with Crippen LogP contribution in [0.25, 0.3) is 22.1 Å². The molecule has 1 heterocycles. The van der Waals surface area contributed by atoms with E-state index in [0.717, 1.165) is 0 Å². The Morgan fingerprint density at radius 3 is 0.974 bits per heavy atom. The van der Waals surface area contributed by atoms with Crippen LogP contribution >= 0.6 is 0 Å². The molecule has 0 fully saturated rings. The van der Waals surface area contributed by atoms with Gasteiger partial charge in [-0.1, -0.05) is 166 Å². The first-order valence-electron chi connectivity index (χ1n) is 13.8. The van der Waals surface area contributed by atoms with Crippen LogP contribution in [-0.2, 0) is 0 Å². The van der Waals surface area contributed by atoms with E-state index in [0.29, 0.717) is 0 Å². The Hall–Kier alpha value is -4.36. The lowest BCUT2D eigenvalue weighted by Gasteiger charge is -2.19. The highest BCUT2D eigenvalue weighted by Gasteiger charge is 2.40. The number of benzene rings is 5. The van der Waals surface area contributed by atoms with Crippen molar-refractivity contribution in [2.45, 2.75) is 27.7 Å². The van der Waals surface area contributed by atoms with Crippen molar-refractivity contribution < 1.29 is 0 Å². The van der Waals surface area contributed by atoms with Crippen LogP contribution in [0.15, 0.2) is 127 Å². The van der Waals surface area contributed by atoms with E-state index in [2.05, 4.69) is 155 Å². The van der Waals surface area contributed by atoms with Crippen LogP contribution in [0.1, 0.15) is 44.5 Å². The van der Waals surface area contributed by atoms with Gasteiger partial charge in [-0.15, -0.1) is 0 Å². The third kappa shape index (κ3) is 4.82. The monoisotopic (exact) mass is 500 g/mol. The Labute approximate surface area is 233 Å². The highest BCUT2D eigenvalue weighted by Crippen LogP contribution is 2.51. The van der Waals surface area contributed by atoms with Crippen LogP contribution in [0.2, 0.25) is 0 Å². The molecule has 0 amide bonds. The second-order valence-electron chi connectivity index (χ2n) is 10.9. The van der Waals surface area contributed by atoms with Crippen molar-refractivity contribution in [3.05, 3.63) is 172 Å². The predicted octanol–water partition coefficient (Wildman–Crippen LogP) is 8.94. The molecular weight excluding hydrogens is 467 g/mol. The molecule has 1 aliphatic rings. The normalized spacial score (nSPS) is 13.4. The van der Waals surface area contributed by atoms with Gasteiger partial charge < -0.3 is 0 Å². The van der Waals surface area contributed by atoms with E-state index in [-0.39, 0.29) is 6.71 Å². The smallest absolute Gasteiger partial charge is 0.0685 e. The van der Waals surface area contributed by atoms with E-state index < -0.39 is 0 Å². The van der Waals surface area contributed by atoms with Crippen molar-refractivity contribution >= 4 is 34.3 Å². The van der Waals surface area contributed by atoms with Gasteiger partial charge in [0.15, 0.2) is 0 Å². The van der Waals surface area contributed by atoms with Crippen LogP contribution in [-0.4, -0.2) is 6.71 Å². The molecule has 0 saturated heterocycles. The second kappa shape index (κ2) is 10.4. The molecule has 0 unspecified atom stereocenters. The molecule has 0 radical (unpaired) electrons. The summed E-state index contributed by atoms with van der Waals surface area (Å²) in [5.41, 5.74) is 16.9. The van der Waals surface area contributed by atoms with Gasteiger partial charge in [0.2, 0.25) is 6.71 Å². The predicted molar refractivity (Wildman–Crippen MR) is 170 cm³/mol. The number of allylic oxidation sites excluding steroid dienone is 2. The van der Waals surface area contributed by atoms with Crippen LogP contribution in [0.4, 0.5) is 0 Å². The summed E-state index contributed by atoms with van der Waals surface area (Å²) >= 11 is 0. The van der Waals surface area contributed by atoms with E-state index in [1.54, 1.807) is 0 Å². The van der Waals surface area contributed by atoms with E-state index in [4.69, 9.17) is 0 Å². The van der Waals surface area contributed by atoms with Crippen LogP contribution < -0.4 is 5.46 Å². The average Bonchev–Trinajstić information content (AvgIpc) is 3.31. The topological polar surface area (TPSA) is 0 Å². The zero-order chi connectivity index (χ0) is 26.9. The first kappa shape index (κ1) is 25.0. The van der Waals surface area contributed by atoms with E-state index in [1.807, 2.05) is 0 Å². The molecule has 39 heavy (non-hydrogen) atoms. The van der Waals surface area contributed by atoms with Crippen molar-refractivity contribution in [2.24, 2.45) is 0 Å². The first-order chi connectivity index (χ1) is 19.0. The molecule has 1 heteroatoms. The van der Waals surface area contributed by atoms with Crippen LogP contribution in [0.5, 0.6) is 0 Å². The maximum Gasteiger partial charge on any atom is 0.244 e. The highest BCUT2D eigenvalue weighted by atomic mass is 14.3. The molecule has 5 aromatic carbocycles. The summed E-state index contributed by atoms with van der Waals surface area (Å²) in [6, 6.07) is 47.4. The Balaban J connectivity index is 1.77. The maximum absolute atomic E-state index is 2.31. The van der Waals surface area contributed by atoms with Crippen LogP contribution in [0.3, 0.4) is 0 Å². The molecule has 188 valence electrons. The average molecular weight is 500 g/mol. The van der Waals surface area contributed by atoms with Gasteiger partial charge in [-0.2, -0.15) is 0 Å². The summed E-state index contributed by atoms with van der Waals surface area (Å²) in [5.74, 6) is 0. The Kier molecular flexibility index (Phi) is 6.67. The zero-order valence-electron chi connectivity index (χ0n) is 23.2. The van der Waals surface area contributed by atoms with Crippen molar-refractivity contribution in [3.63, 3.8) is 0 Å². The van der Waals surface area contributed by atoms with Crippen molar-refractivity contribution in [1.82, 2.24) is 0 Å². The summed E-state index contributed by atoms with van der Waals surface area (Å²) in [4.78, 5) is 0. The quantitative estimate of drug-likeness (QED) is 0.211. The first-order valence-corrected chi connectivity index (χ1v) is 13.8. The molecular formula is C38H33B. The molecule has 0 saturated carbocycles. The third-order valence-corrected chi connectivity index (χ3v) is 7.90. The second-order valence-corrected chi connectivity index (χ2v) is 10.9. The molecule has 6 rings (SSSR count). The highest BCUT2D eigenvalue weighted by molar-refractivity contribution is 7.08. The number of hydrogen-bond acceptors (Lipinski definition) is 0. The molecule has 0 bridgehead atoms. The Morgan fingerprint density at radius 2 is 0.641 bits per heavy atom. The lowest BCUT2D eigenvalue weighted by molar-refractivity contribution is 1.44. The number of hydrogen-bond donors (Lipinski definition) is 0. The minimum Gasteiger partial charge on any atom is -0.0685 e. The minimum atomic E-state index is 0.101. The summed E-state index contributed by atoms with van der Waals surface area (Å²) in [6.45, 7) is 8.75. The third-order valence-electron chi connectivity index (χ3n) is 7.90. The van der Waals surface area contributed by atoms with E-state index in [1.165, 1.54) is 72.1 Å². The van der Waals surface area contributed by atoms with Crippen molar-refractivity contribution in [3.8, 4) is 0 Å². The lowest BCUT2D eigenvalue weighted by Crippen LogP contribution is -2.32. The molecule has 0 atom stereocenters. The SMILES string of the molecule is Cc1ccc(C2=C(c3ccc(C)cc3)C(c3ccc(C)cc3)=C(c3ccc(C)cc3)B2c2ccccc2)cc1. The molecule has 0 nitrogen and oxygen atoms in total. The van der Waals surface area contributed by atoms with Crippen molar-refractivity contribution in [1.29, 1.82) is 0 Å². The van der Waals surface area contributed by atoms with Gasteiger partial charge in [0.05, 0.1) is 0 Å². The fraction of sp³-hybridized carbons (Fsp3) is 0.105. The van der Waals surface area contributed by atoms with Gasteiger partial charge in [-0.25, -0.2) is 0 Å². The van der Waals surface area contributed by atoms with Gasteiger partial charge in [0.1, 0.15) is 0 Å². The summed E-state index contributed by atoms with van der Waals surface area (Å²) in [6.07, 6.45) is 0. The number of rotatable bonds is 5. The minimum absolute atomic E-state index is 0.101. The molecule has 0 aromatic heterocycles. The van der Waals surface area contributed by atoms with E-state index >= 15 is 0 Å². The van der Waals surface area contributed by atoms with Gasteiger partial charge in [-0.3, -0.25) is 0 Å². The van der Waals surface area contributed by atoms with Gasteiger partial charge in [0.25, 0.3) is 0 Å². The fourth-order valence-electron chi connectivity index (χ4n) is 5.81. The van der Waals surface area contributed by atoms with Gasteiger partial charge in [-0.05, 0) is 61.1 Å². The molecule has 1 aliphatic heterocycles. The Morgan fingerprint density at radius 1 is 0.333 bits per heavy atom.